The lowest BCUT2D eigenvalue weighted by Crippen LogP contribution is -2.46. The van der Waals surface area contributed by atoms with Gasteiger partial charge in [-0.1, -0.05) is 19.8 Å². The molecule has 118 valence electrons. The summed E-state index contributed by atoms with van der Waals surface area (Å²) in [4.78, 5) is 16.0. The number of nitrogens with zero attached hydrogens (tertiary/aromatic N) is 2. The quantitative estimate of drug-likeness (QED) is 0.744. The topological polar surface area (TPSA) is 43.8 Å². The van der Waals surface area contributed by atoms with Crippen LogP contribution in [0, 0.1) is 11.8 Å². The largest absolute Gasteiger partial charge is 0.481 e. The number of hydrogen-bond donors (Lipinski definition) is 1. The molecule has 1 aliphatic rings. The van der Waals surface area contributed by atoms with Crippen molar-refractivity contribution >= 4 is 5.97 Å². The standard InChI is InChI=1S/C16H32N2O2/c1-5-7-13-8-9-14(16(19)20)15(12-13)18(4)11-6-10-17(2)3/h13-15H,5-12H2,1-4H3,(H,19,20). The van der Waals surface area contributed by atoms with Crippen LogP contribution in [-0.4, -0.2) is 61.2 Å². The molecule has 1 aliphatic carbocycles. The maximum absolute atomic E-state index is 11.5. The predicted molar refractivity (Wildman–Crippen MR) is 83.0 cm³/mol. The zero-order valence-corrected chi connectivity index (χ0v) is 13.6. The molecule has 0 aromatic rings. The highest BCUT2D eigenvalue weighted by Crippen LogP contribution is 2.34. The SMILES string of the molecule is CCCC1CCC(C(=O)O)C(N(C)CCCN(C)C)C1. The Balaban J connectivity index is 2.56. The number of aliphatic carboxylic acids is 1. The summed E-state index contributed by atoms with van der Waals surface area (Å²) >= 11 is 0. The molecule has 0 aliphatic heterocycles. The third-order valence-corrected chi connectivity index (χ3v) is 4.62. The Morgan fingerprint density at radius 3 is 2.45 bits per heavy atom. The summed E-state index contributed by atoms with van der Waals surface area (Å²) in [6.45, 7) is 4.28. The van der Waals surface area contributed by atoms with Crippen molar-refractivity contribution in [3.63, 3.8) is 0 Å². The molecular formula is C16H32N2O2. The van der Waals surface area contributed by atoms with E-state index in [1.807, 2.05) is 0 Å². The molecule has 1 N–H and O–H groups in total. The Hall–Kier alpha value is -0.610. The van der Waals surface area contributed by atoms with Crippen LogP contribution in [0.4, 0.5) is 0 Å². The van der Waals surface area contributed by atoms with E-state index in [9.17, 15) is 9.90 Å². The van der Waals surface area contributed by atoms with Crippen LogP contribution in [-0.2, 0) is 4.79 Å². The van der Waals surface area contributed by atoms with Gasteiger partial charge in [0, 0.05) is 6.04 Å². The second kappa shape index (κ2) is 8.63. The van der Waals surface area contributed by atoms with Gasteiger partial charge < -0.3 is 14.9 Å². The Morgan fingerprint density at radius 1 is 1.20 bits per heavy atom. The number of hydrogen-bond acceptors (Lipinski definition) is 3. The predicted octanol–water partition coefficient (Wildman–Crippen LogP) is 2.54. The molecule has 0 radical (unpaired) electrons. The molecule has 4 nitrogen and oxygen atoms in total. The fourth-order valence-electron chi connectivity index (χ4n) is 3.48. The third kappa shape index (κ3) is 5.41. The second-order valence-electron chi connectivity index (χ2n) is 6.62. The van der Waals surface area contributed by atoms with Gasteiger partial charge in [-0.25, -0.2) is 0 Å². The normalized spacial score (nSPS) is 27.2. The first-order valence-corrected chi connectivity index (χ1v) is 8.03. The fraction of sp³-hybridized carbons (Fsp3) is 0.938. The molecule has 0 amide bonds. The van der Waals surface area contributed by atoms with E-state index in [0.717, 1.165) is 44.7 Å². The Kier molecular flexibility index (Phi) is 7.52. The molecule has 0 spiro atoms. The maximum Gasteiger partial charge on any atom is 0.308 e. The van der Waals surface area contributed by atoms with Gasteiger partial charge in [0.1, 0.15) is 0 Å². The molecule has 0 bridgehead atoms. The molecule has 20 heavy (non-hydrogen) atoms. The van der Waals surface area contributed by atoms with E-state index < -0.39 is 5.97 Å². The molecule has 4 heteroatoms. The van der Waals surface area contributed by atoms with E-state index in [0.29, 0.717) is 0 Å². The van der Waals surface area contributed by atoms with Crippen LogP contribution in [0.15, 0.2) is 0 Å². The zero-order valence-electron chi connectivity index (χ0n) is 13.6. The van der Waals surface area contributed by atoms with Crippen LogP contribution in [0.1, 0.15) is 45.4 Å². The summed E-state index contributed by atoms with van der Waals surface area (Å²) in [6.07, 6.45) is 6.55. The molecule has 3 atom stereocenters. The lowest BCUT2D eigenvalue weighted by atomic mass is 9.76. The molecule has 3 unspecified atom stereocenters. The van der Waals surface area contributed by atoms with Crippen molar-refractivity contribution in [1.82, 2.24) is 9.80 Å². The lowest BCUT2D eigenvalue weighted by molar-refractivity contribution is -0.146. The molecule has 0 saturated heterocycles. The van der Waals surface area contributed by atoms with E-state index >= 15 is 0 Å². The van der Waals surface area contributed by atoms with Gasteiger partial charge in [0.2, 0.25) is 0 Å². The monoisotopic (exact) mass is 284 g/mol. The van der Waals surface area contributed by atoms with Crippen molar-refractivity contribution in [3.8, 4) is 0 Å². The van der Waals surface area contributed by atoms with Crippen LogP contribution >= 0.6 is 0 Å². The Labute approximate surface area is 124 Å². The highest BCUT2D eigenvalue weighted by Gasteiger charge is 2.36. The first kappa shape index (κ1) is 17.4. The molecule has 1 saturated carbocycles. The van der Waals surface area contributed by atoms with Crippen molar-refractivity contribution in [1.29, 1.82) is 0 Å². The molecular weight excluding hydrogens is 252 g/mol. The minimum Gasteiger partial charge on any atom is -0.481 e. The molecule has 0 aromatic heterocycles. The highest BCUT2D eigenvalue weighted by atomic mass is 16.4. The van der Waals surface area contributed by atoms with Crippen molar-refractivity contribution in [2.24, 2.45) is 11.8 Å². The molecule has 0 heterocycles. The van der Waals surface area contributed by atoms with E-state index in [1.165, 1.54) is 12.8 Å². The first-order valence-electron chi connectivity index (χ1n) is 8.03. The minimum atomic E-state index is -0.607. The van der Waals surface area contributed by atoms with Crippen LogP contribution in [0.2, 0.25) is 0 Å². The number of rotatable bonds is 8. The van der Waals surface area contributed by atoms with Crippen molar-refractivity contribution in [3.05, 3.63) is 0 Å². The van der Waals surface area contributed by atoms with Crippen LogP contribution < -0.4 is 0 Å². The fourth-order valence-corrected chi connectivity index (χ4v) is 3.48. The lowest BCUT2D eigenvalue weighted by Gasteiger charge is -2.39. The van der Waals surface area contributed by atoms with Gasteiger partial charge in [-0.3, -0.25) is 4.79 Å². The van der Waals surface area contributed by atoms with Crippen molar-refractivity contribution in [2.45, 2.75) is 51.5 Å². The molecule has 1 fully saturated rings. The smallest absolute Gasteiger partial charge is 0.308 e. The van der Waals surface area contributed by atoms with Gasteiger partial charge in [0.25, 0.3) is 0 Å². The Morgan fingerprint density at radius 2 is 1.90 bits per heavy atom. The summed E-state index contributed by atoms with van der Waals surface area (Å²) < 4.78 is 0. The summed E-state index contributed by atoms with van der Waals surface area (Å²) in [5, 5.41) is 9.45. The van der Waals surface area contributed by atoms with Gasteiger partial charge in [-0.15, -0.1) is 0 Å². The Bertz CT molecular complexity index is 294. The zero-order chi connectivity index (χ0) is 15.1. The van der Waals surface area contributed by atoms with Gasteiger partial charge >= 0.3 is 5.97 Å². The van der Waals surface area contributed by atoms with E-state index in [1.54, 1.807) is 0 Å². The van der Waals surface area contributed by atoms with E-state index in [2.05, 4.69) is 37.9 Å². The summed E-state index contributed by atoms with van der Waals surface area (Å²) in [6, 6.07) is 0.222. The number of carboxylic acids is 1. The maximum atomic E-state index is 11.5. The van der Waals surface area contributed by atoms with Crippen molar-refractivity contribution in [2.75, 3.05) is 34.2 Å². The summed E-state index contributed by atoms with van der Waals surface area (Å²) in [5.41, 5.74) is 0. The van der Waals surface area contributed by atoms with Gasteiger partial charge in [-0.05, 0) is 65.8 Å². The van der Waals surface area contributed by atoms with E-state index in [-0.39, 0.29) is 12.0 Å². The number of carbonyl (C=O) groups is 1. The van der Waals surface area contributed by atoms with Gasteiger partial charge in [0.15, 0.2) is 0 Å². The van der Waals surface area contributed by atoms with E-state index in [4.69, 9.17) is 0 Å². The van der Waals surface area contributed by atoms with Crippen LogP contribution in [0.5, 0.6) is 0 Å². The molecule has 0 aromatic carbocycles. The second-order valence-corrected chi connectivity index (χ2v) is 6.62. The minimum absolute atomic E-state index is 0.174. The van der Waals surface area contributed by atoms with Crippen LogP contribution in [0.25, 0.3) is 0 Å². The summed E-state index contributed by atoms with van der Waals surface area (Å²) in [5.74, 6) is -0.0613. The van der Waals surface area contributed by atoms with Gasteiger partial charge in [0.05, 0.1) is 5.92 Å². The average molecular weight is 284 g/mol. The van der Waals surface area contributed by atoms with Crippen molar-refractivity contribution < 1.29 is 9.90 Å². The average Bonchev–Trinajstić information content (AvgIpc) is 2.38. The highest BCUT2D eigenvalue weighted by molar-refractivity contribution is 5.71. The first-order chi connectivity index (χ1) is 9.45. The van der Waals surface area contributed by atoms with Crippen LogP contribution in [0.3, 0.4) is 0 Å². The number of carboxylic acid groups (broad SMARTS) is 1. The summed E-state index contributed by atoms with van der Waals surface area (Å²) in [7, 11) is 6.26. The molecule has 1 rings (SSSR count). The third-order valence-electron chi connectivity index (χ3n) is 4.62. The van der Waals surface area contributed by atoms with Gasteiger partial charge in [-0.2, -0.15) is 0 Å².